The highest BCUT2D eigenvalue weighted by Crippen LogP contribution is 2.30. The second-order valence-corrected chi connectivity index (χ2v) is 3.48. The second-order valence-electron chi connectivity index (χ2n) is 3.48. The average Bonchev–Trinajstić information content (AvgIpc) is 2.26. The van der Waals surface area contributed by atoms with E-state index in [1.54, 1.807) is 0 Å². The predicted octanol–water partition coefficient (Wildman–Crippen LogP) is 2.50. The topological polar surface area (TPSA) is 57.5 Å². The first-order valence-corrected chi connectivity index (χ1v) is 4.78. The molecule has 0 aliphatic carbocycles. The lowest BCUT2D eigenvalue weighted by molar-refractivity contribution is 0.103. The number of allylic oxidation sites excluding steroid dienone is 2. The quantitative estimate of drug-likeness (QED) is 0.612. The first-order valence-electron chi connectivity index (χ1n) is 4.78. The van der Waals surface area contributed by atoms with E-state index in [0.29, 0.717) is 0 Å². The molecule has 3 nitrogen and oxygen atoms in total. The van der Waals surface area contributed by atoms with E-state index in [9.17, 15) is 19.4 Å². The maximum absolute atomic E-state index is 12.0. The van der Waals surface area contributed by atoms with Crippen molar-refractivity contribution >= 4 is 5.78 Å². The fourth-order valence-electron chi connectivity index (χ4n) is 1.29. The molecule has 0 fully saturated rings. The van der Waals surface area contributed by atoms with Crippen molar-refractivity contribution in [2.24, 2.45) is 0 Å². The van der Waals surface area contributed by atoms with Crippen molar-refractivity contribution in [2.75, 3.05) is 6.67 Å². The molecular formula is C12H13FO3. The van der Waals surface area contributed by atoms with Crippen molar-refractivity contribution < 1.29 is 19.4 Å². The van der Waals surface area contributed by atoms with Gasteiger partial charge in [0, 0.05) is 5.56 Å². The highest BCUT2D eigenvalue weighted by Gasteiger charge is 2.16. The minimum atomic E-state index is -0.727. The standard InChI is InChI=1S/C12H13FO3/c1-7(5-6-13)11(15)9-3-4-10(14)8(2)12(9)16/h3-5,14,16H,6H2,1-2H3/b7-5+. The summed E-state index contributed by atoms with van der Waals surface area (Å²) in [5, 5.41) is 19.0. The number of Topliss-reactive ketones (excluding diaryl/α,β-unsaturated/α-hetero) is 1. The first kappa shape index (κ1) is 12.2. The normalized spacial score (nSPS) is 11.6. The molecule has 4 heteroatoms. The third kappa shape index (κ3) is 2.21. The molecular weight excluding hydrogens is 211 g/mol. The number of carbonyl (C=O) groups excluding carboxylic acids is 1. The van der Waals surface area contributed by atoms with Crippen LogP contribution < -0.4 is 0 Å². The lowest BCUT2D eigenvalue weighted by Crippen LogP contribution is -2.02. The molecule has 0 saturated heterocycles. The van der Waals surface area contributed by atoms with Crippen LogP contribution in [0, 0.1) is 6.92 Å². The fourth-order valence-corrected chi connectivity index (χ4v) is 1.29. The molecule has 0 amide bonds. The van der Waals surface area contributed by atoms with Crippen molar-refractivity contribution in [1.29, 1.82) is 0 Å². The number of ketones is 1. The van der Waals surface area contributed by atoms with Gasteiger partial charge in [-0.15, -0.1) is 0 Å². The van der Waals surface area contributed by atoms with Crippen LogP contribution in [0.15, 0.2) is 23.8 Å². The molecule has 0 bridgehead atoms. The maximum Gasteiger partial charge on any atom is 0.192 e. The van der Waals surface area contributed by atoms with Gasteiger partial charge in [0.25, 0.3) is 0 Å². The van der Waals surface area contributed by atoms with E-state index in [1.807, 2.05) is 0 Å². The second kappa shape index (κ2) is 4.79. The van der Waals surface area contributed by atoms with Gasteiger partial charge < -0.3 is 10.2 Å². The number of rotatable bonds is 3. The minimum absolute atomic E-state index is 0.0671. The average molecular weight is 224 g/mol. The molecule has 16 heavy (non-hydrogen) atoms. The summed E-state index contributed by atoms with van der Waals surface area (Å²) in [6, 6.07) is 2.64. The van der Waals surface area contributed by atoms with Crippen LogP contribution in [0.3, 0.4) is 0 Å². The molecule has 86 valence electrons. The molecule has 0 saturated carbocycles. The molecule has 0 atom stereocenters. The number of carbonyl (C=O) groups is 1. The number of phenolic OH excluding ortho intramolecular Hbond substituents is 2. The Morgan fingerprint density at radius 2 is 2.06 bits per heavy atom. The Bertz CT molecular complexity index is 450. The summed E-state index contributed by atoms with van der Waals surface area (Å²) in [5.74, 6) is -0.795. The molecule has 0 radical (unpaired) electrons. The van der Waals surface area contributed by atoms with Crippen molar-refractivity contribution in [3.8, 4) is 11.5 Å². The Labute approximate surface area is 92.8 Å². The van der Waals surface area contributed by atoms with Gasteiger partial charge in [-0.1, -0.05) is 0 Å². The van der Waals surface area contributed by atoms with Gasteiger partial charge in [-0.25, -0.2) is 4.39 Å². The van der Waals surface area contributed by atoms with Gasteiger partial charge in [-0.05, 0) is 37.6 Å². The van der Waals surface area contributed by atoms with Gasteiger partial charge in [0.1, 0.15) is 18.2 Å². The maximum atomic E-state index is 12.0. The third-order valence-corrected chi connectivity index (χ3v) is 2.39. The van der Waals surface area contributed by atoms with Crippen LogP contribution >= 0.6 is 0 Å². The molecule has 0 heterocycles. The molecule has 0 aliphatic rings. The summed E-state index contributed by atoms with van der Waals surface area (Å²) in [7, 11) is 0. The monoisotopic (exact) mass is 224 g/mol. The van der Waals surface area contributed by atoms with Crippen molar-refractivity contribution in [3.05, 3.63) is 34.9 Å². The zero-order chi connectivity index (χ0) is 12.3. The molecule has 0 unspecified atom stereocenters. The van der Waals surface area contributed by atoms with E-state index in [4.69, 9.17) is 0 Å². The largest absolute Gasteiger partial charge is 0.508 e. The summed E-state index contributed by atoms with van der Waals surface area (Å²) in [5.41, 5.74) is 0.527. The van der Waals surface area contributed by atoms with Gasteiger partial charge in [0.2, 0.25) is 0 Å². The van der Waals surface area contributed by atoms with Crippen LogP contribution in [-0.2, 0) is 0 Å². The Balaban J connectivity index is 3.20. The van der Waals surface area contributed by atoms with Crippen LogP contribution in [0.2, 0.25) is 0 Å². The molecule has 0 aliphatic heterocycles. The van der Waals surface area contributed by atoms with Gasteiger partial charge in [-0.3, -0.25) is 4.79 Å². The zero-order valence-electron chi connectivity index (χ0n) is 9.12. The van der Waals surface area contributed by atoms with Crippen LogP contribution in [-0.4, -0.2) is 22.7 Å². The van der Waals surface area contributed by atoms with Crippen LogP contribution in [0.25, 0.3) is 0 Å². The number of halogens is 1. The van der Waals surface area contributed by atoms with E-state index in [0.717, 1.165) is 6.08 Å². The van der Waals surface area contributed by atoms with Crippen LogP contribution in [0.4, 0.5) is 4.39 Å². The highest BCUT2D eigenvalue weighted by molar-refractivity contribution is 6.10. The van der Waals surface area contributed by atoms with Crippen LogP contribution in [0.1, 0.15) is 22.8 Å². The van der Waals surface area contributed by atoms with E-state index in [1.165, 1.54) is 26.0 Å². The molecule has 0 aromatic heterocycles. The van der Waals surface area contributed by atoms with E-state index < -0.39 is 12.5 Å². The summed E-state index contributed by atoms with van der Waals surface area (Å²) >= 11 is 0. The van der Waals surface area contributed by atoms with Crippen molar-refractivity contribution in [3.63, 3.8) is 0 Å². The molecule has 1 aromatic rings. The van der Waals surface area contributed by atoms with Crippen molar-refractivity contribution in [1.82, 2.24) is 0 Å². The molecule has 2 N–H and O–H groups in total. The first-order chi connectivity index (χ1) is 7.49. The SMILES string of the molecule is C/C(=C\CF)C(=O)c1ccc(O)c(C)c1O. The van der Waals surface area contributed by atoms with E-state index in [2.05, 4.69) is 0 Å². The third-order valence-electron chi connectivity index (χ3n) is 2.39. The molecule has 1 aromatic carbocycles. The number of phenols is 2. The fraction of sp³-hybridized carbons (Fsp3) is 0.250. The Morgan fingerprint density at radius 3 is 2.62 bits per heavy atom. The molecule has 0 spiro atoms. The lowest BCUT2D eigenvalue weighted by Gasteiger charge is -2.07. The van der Waals surface area contributed by atoms with Crippen LogP contribution in [0.5, 0.6) is 11.5 Å². The molecule has 1 rings (SSSR count). The predicted molar refractivity (Wildman–Crippen MR) is 58.6 cm³/mol. The van der Waals surface area contributed by atoms with Crippen molar-refractivity contribution in [2.45, 2.75) is 13.8 Å². The summed E-state index contributed by atoms with van der Waals surface area (Å²) in [6.07, 6.45) is 1.14. The Kier molecular flexibility index (Phi) is 3.66. The van der Waals surface area contributed by atoms with Gasteiger partial charge in [-0.2, -0.15) is 0 Å². The smallest absolute Gasteiger partial charge is 0.192 e. The number of hydrogen-bond acceptors (Lipinski definition) is 3. The van der Waals surface area contributed by atoms with E-state index >= 15 is 0 Å². The highest BCUT2D eigenvalue weighted by atomic mass is 19.1. The number of aromatic hydroxyl groups is 2. The number of hydrogen-bond donors (Lipinski definition) is 2. The number of alkyl halides is 1. The summed E-state index contributed by atoms with van der Waals surface area (Å²) in [6.45, 7) is 2.24. The Morgan fingerprint density at radius 1 is 1.44 bits per heavy atom. The minimum Gasteiger partial charge on any atom is -0.508 e. The number of benzene rings is 1. The van der Waals surface area contributed by atoms with Gasteiger partial charge in [0.15, 0.2) is 5.78 Å². The summed E-state index contributed by atoms with van der Waals surface area (Å²) in [4.78, 5) is 11.7. The van der Waals surface area contributed by atoms with E-state index in [-0.39, 0.29) is 28.2 Å². The zero-order valence-corrected chi connectivity index (χ0v) is 9.12. The van der Waals surface area contributed by atoms with Gasteiger partial charge >= 0.3 is 0 Å². The Hall–Kier alpha value is -1.84. The summed E-state index contributed by atoms with van der Waals surface area (Å²) < 4.78 is 12.0. The lowest BCUT2D eigenvalue weighted by atomic mass is 10.0. The van der Waals surface area contributed by atoms with Gasteiger partial charge in [0.05, 0.1) is 5.56 Å².